The third kappa shape index (κ3) is 4.87. The average molecular weight is 448 g/mol. The molecular weight excluding hydrogens is 426 g/mol. The summed E-state index contributed by atoms with van der Waals surface area (Å²) in [6.45, 7) is 2.10. The summed E-state index contributed by atoms with van der Waals surface area (Å²) >= 11 is 0. The summed E-state index contributed by atoms with van der Waals surface area (Å²) in [5.74, 6) is 0.340. The van der Waals surface area contributed by atoms with Crippen molar-refractivity contribution in [3.63, 3.8) is 0 Å². The van der Waals surface area contributed by atoms with Crippen LogP contribution >= 0.6 is 0 Å². The molecule has 0 aliphatic heterocycles. The van der Waals surface area contributed by atoms with Gasteiger partial charge in [-0.1, -0.05) is 18.2 Å². The van der Waals surface area contributed by atoms with Crippen molar-refractivity contribution in [1.29, 1.82) is 0 Å². The van der Waals surface area contributed by atoms with E-state index in [0.717, 1.165) is 11.1 Å². The van der Waals surface area contributed by atoms with E-state index in [1.807, 2.05) is 25.1 Å². The minimum atomic E-state index is -3.71. The minimum absolute atomic E-state index is 0.183. The molecule has 4 rings (SSSR count). The van der Waals surface area contributed by atoms with E-state index in [1.165, 1.54) is 6.07 Å². The Bertz CT molecular complexity index is 1330. The van der Waals surface area contributed by atoms with Gasteiger partial charge in [0.1, 0.15) is 5.69 Å². The van der Waals surface area contributed by atoms with Gasteiger partial charge in [-0.15, -0.1) is 0 Å². The number of nitrogens with zero attached hydrogens (tertiary/aromatic N) is 1. The normalized spacial score (nSPS) is 11.2. The summed E-state index contributed by atoms with van der Waals surface area (Å²) in [6, 6.07) is 20.2. The van der Waals surface area contributed by atoms with E-state index in [0.29, 0.717) is 22.7 Å². The van der Waals surface area contributed by atoms with Crippen LogP contribution in [0.4, 0.5) is 5.69 Å². The van der Waals surface area contributed by atoms with Crippen LogP contribution in [0.1, 0.15) is 21.5 Å². The topological polar surface area (TPSA) is 101 Å². The molecule has 32 heavy (non-hydrogen) atoms. The fraction of sp³-hybridized carbons (Fsp3) is 0.0833. The third-order valence-electron chi connectivity index (χ3n) is 4.78. The van der Waals surface area contributed by atoms with Gasteiger partial charge in [-0.05, 0) is 67.1 Å². The number of rotatable bonds is 7. The van der Waals surface area contributed by atoms with Gasteiger partial charge in [0.05, 0.1) is 11.2 Å². The largest absolute Gasteiger partial charge is 0.463 e. The molecule has 2 aromatic carbocycles. The smallest absolute Gasteiger partial charge is 0.261 e. The SMILES string of the molecule is Cc1cccc(S(=O)(=O)Nc2ccc(C(=O)NCc3cccnc3-c3ccco3)cc2)c1. The molecule has 0 spiro atoms. The quantitative estimate of drug-likeness (QED) is 0.438. The van der Waals surface area contributed by atoms with Gasteiger partial charge in [0.25, 0.3) is 15.9 Å². The van der Waals surface area contributed by atoms with E-state index in [-0.39, 0.29) is 17.3 Å². The molecule has 7 nitrogen and oxygen atoms in total. The van der Waals surface area contributed by atoms with E-state index in [2.05, 4.69) is 15.0 Å². The number of aromatic nitrogens is 1. The molecule has 8 heteroatoms. The molecule has 0 radical (unpaired) electrons. The second-order valence-electron chi connectivity index (χ2n) is 7.17. The zero-order valence-corrected chi connectivity index (χ0v) is 18.1. The maximum atomic E-state index is 12.6. The maximum Gasteiger partial charge on any atom is 0.261 e. The van der Waals surface area contributed by atoms with E-state index in [4.69, 9.17) is 4.42 Å². The lowest BCUT2D eigenvalue weighted by Crippen LogP contribution is -2.23. The van der Waals surface area contributed by atoms with Crippen molar-refractivity contribution < 1.29 is 17.6 Å². The van der Waals surface area contributed by atoms with Crippen LogP contribution in [0.2, 0.25) is 0 Å². The molecular formula is C24H21N3O4S. The molecule has 1 amide bonds. The molecule has 0 fully saturated rings. The van der Waals surface area contributed by atoms with Gasteiger partial charge in [-0.25, -0.2) is 8.42 Å². The number of furan rings is 1. The van der Waals surface area contributed by atoms with Crippen LogP contribution in [0.5, 0.6) is 0 Å². The number of pyridine rings is 1. The Balaban J connectivity index is 1.42. The Morgan fingerprint density at radius 1 is 1.00 bits per heavy atom. The van der Waals surface area contributed by atoms with Gasteiger partial charge >= 0.3 is 0 Å². The van der Waals surface area contributed by atoms with E-state index < -0.39 is 10.0 Å². The fourth-order valence-corrected chi connectivity index (χ4v) is 4.34. The average Bonchev–Trinajstić information content (AvgIpc) is 3.33. The first-order chi connectivity index (χ1) is 15.4. The number of hydrogen-bond acceptors (Lipinski definition) is 5. The highest BCUT2D eigenvalue weighted by Gasteiger charge is 2.15. The monoisotopic (exact) mass is 447 g/mol. The van der Waals surface area contributed by atoms with Crippen molar-refractivity contribution in [1.82, 2.24) is 10.3 Å². The highest BCUT2D eigenvalue weighted by atomic mass is 32.2. The number of carbonyl (C=O) groups is 1. The highest BCUT2D eigenvalue weighted by molar-refractivity contribution is 7.92. The summed E-state index contributed by atoms with van der Waals surface area (Å²) in [4.78, 5) is 17.1. The zero-order valence-electron chi connectivity index (χ0n) is 17.3. The molecule has 0 aliphatic carbocycles. The first-order valence-corrected chi connectivity index (χ1v) is 11.4. The number of benzene rings is 2. The van der Waals surface area contributed by atoms with Crippen molar-refractivity contribution in [2.24, 2.45) is 0 Å². The second-order valence-corrected chi connectivity index (χ2v) is 8.85. The van der Waals surface area contributed by atoms with Crippen molar-refractivity contribution >= 4 is 21.6 Å². The third-order valence-corrected chi connectivity index (χ3v) is 6.16. The van der Waals surface area contributed by atoms with Gasteiger partial charge < -0.3 is 9.73 Å². The molecule has 0 bridgehead atoms. The van der Waals surface area contributed by atoms with Crippen LogP contribution in [0.25, 0.3) is 11.5 Å². The van der Waals surface area contributed by atoms with Gasteiger partial charge in [0.2, 0.25) is 0 Å². The Hall–Kier alpha value is -3.91. The first kappa shape index (κ1) is 21.3. The van der Waals surface area contributed by atoms with Crippen LogP contribution in [-0.2, 0) is 16.6 Å². The van der Waals surface area contributed by atoms with Gasteiger partial charge in [0, 0.05) is 29.6 Å². The van der Waals surface area contributed by atoms with Crippen LogP contribution in [0.15, 0.2) is 94.6 Å². The minimum Gasteiger partial charge on any atom is -0.463 e. The molecule has 2 aromatic heterocycles. The van der Waals surface area contributed by atoms with Crippen LogP contribution in [0.3, 0.4) is 0 Å². The number of aryl methyl sites for hydroxylation is 1. The number of sulfonamides is 1. The van der Waals surface area contributed by atoms with Gasteiger partial charge in [-0.2, -0.15) is 0 Å². The Kier molecular flexibility index (Phi) is 6.04. The van der Waals surface area contributed by atoms with E-state index in [1.54, 1.807) is 61.0 Å². The highest BCUT2D eigenvalue weighted by Crippen LogP contribution is 2.22. The number of anilines is 1. The maximum absolute atomic E-state index is 12.6. The predicted octanol–water partition coefficient (Wildman–Crippen LogP) is 4.38. The lowest BCUT2D eigenvalue weighted by atomic mass is 10.1. The molecule has 2 heterocycles. The number of carbonyl (C=O) groups excluding carboxylic acids is 1. The van der Waals surface area contributed by atoms with Crippen molar-refractivity contribution in [2.75, 3.05) is 4.72 Å². The van der Waals surface area contributed by atoms with Gasteiger partial charge in [-0.3, -0.25) is 14.5 Å². The molecule has 0 aliphatic rings. The summed E-state index contributed by atoms with van der Waals surface area (Å²) < 4.78 is 33.1. The van der Waals surface area contributed by atoms with E-state index >= 15 is 0 Å². The van der Waals surface area contributed by atoms with Crippen LogP contribution in [-0.4, -0.2) is 19.3 Å². The summed E-state index contributed by atoms with van der Waals surface area (Å²) in [6.07, 6.45) is 3.24. The number of amides is 1. The summed E-state index contributed by atoms with van der Waals surface area (Å²) in [5, 5.41) is 2.86. The van der Waals surface area contributed by atoms with Crippen LogP contribution in [0, 0.1) is 6.92 Å². The van der Waals surface area contributed by atoms with Gasteiger partial charge in [0.15, 0.2) is 5.76 Å². The van der Waals surface area contributed by atoms with Crippen molar-refractivity contribution in [3.8, 4) is 11.5 Å². The molecule has 0 saturated carbocycles. The molecule has 162 valence electrons. The Morgan fingerprint density at radius 2 is 1.81 bits per heavy atom. The summed E-state index contributed by atoms with van der Waals surface area (Å²) in [7, 11) is -3.71. The molecule has 2 N–H and O–H groups in total. The predicted molar refractivity (Wildman–Crippen MR) is 122 cm³/mol. The first-order valence-electron chi connectivity index (χ1n) is 9.88. The van der Waals surface area contributed by atoms with Crippen molar-refractivity contribution in [2.45, 2.75) is 18.4 Å². The molecule has 0 atom stereocenters. The van der Waals surface area contributed by atoms with Crippen LogP contribution < -0.4 is 10.0 Å². The standard InChI is InChI=1S/C24H21N3O4S/c1-17-5-2-7-21(15-17)32(29,30)27-20-11-9-18(10-12-20)24(28)26-16-19-6-3-13-25-23(19)22-8-4-14-31-22/h2-15,27H,16H2,1H3,(H,26,28). The second kappa shape index (κ2) is 9.07. The fourth-order valence-electron chi connectivity index (χ4n) is 3.18. The molecule has 4 aromatic rings. The Labute approximate surface area is 186 Å². The Morgan fingerprint density at radius 3 is 2.53 bits per heavy atom. The van der Waals surface area contributed by atoms with Crippen molar-refractivity contribution in [3.05, 3.63) is 102 Å². The molecule has 0 unspecified atom stereocenters. The lowest BCUT2D eigenvalue weighted by Gasteiger charge is -2.10. The zero-order chi connectivity index (χ0) is 22.6. The van der Waals surface area contributed by atoms with E-state index in [9.17, 15) is 13.2 Å². The molecule has 0 saturated heterocycles. The lowest BCUT2D eigenvalue weighted by molar-refractivity contribution is 0.0951. The number of nitrogens with one attached hydrogen (secondary N) is 2. The number of hydrogen-bond donors (Lipinski definition) is 2. The summed E-state index contributed by atoms with van der Waals surface area (Å²) in [5.41, 5.74) is 3.11.